The van der Waals surface area contributed by atoms with E-state index in [-0.39, 0.29) is 17.1 Å². The molecule has 4 aromatic rings. The lowest BCUT2D eigenvalue weighted by Crippen LogP contribution is -2.36. The van der Waals surface area contributed by atoms with Crippen molar-refractivity contribution >= 4 is 41.2 Å². The fourth-order valence-electron chi connectivity index (χ4n) is 4.03. The Bertz CT molecular complexity index is 1390. The monoisotopic (exact) mass is 499 g/mol. The third kappa shape index (κ3) is 4.69. The minimum absolute atomic E-state index is 0.0769. The van der Waals surface area contributed by atoms with Crippen LogP contribution in [0, 0.1) is 6.92 Å². The molecule has 0 aliphatic carbocycles. The Labute approximate surface area is 201 Å². The van der Waals surface area contributed by atoms with Crippen LogP contribution in [0.15, 0.2) is 54.6 Å². The molecule has 3 N–H and O–H groups in total. The Morgan fingerprint density at radius 3 is 2.53 bits per heavy atom. The second-order valence-electron chi connectivity index (χ2n) is 8.13. The van der Waals surface area contributed by atoms with Gasteiger partial charge in [0, 0.05) is 24.3 Å². The number of aromatic amines is 1. The van der Waals surface area contributed by atoms with Gasteiger partial charge in [0.1, 0.15) is 5.75 Å². The van der Waals surface area contributed by atoms with Crippen LogP contribution < -0.4 is 14.9 Å². The summed E-state index contributed by atoms with van der Waals surface area (Å²) >= 11 is 6.58. The Morgan fingerprint density at radius 1 is 1.09 bits per heavy atom. The fourth-order valence-corrected chi connectivity index (χ4v) is 5.13. The molecule has 0 spiro atoms. The number of aromatic nitrogens is 2. The number of rotatable bonds is 5. The van der Waals surface area contributed by atoms with Gasteiger partial charge in [-0.3, -0.25) is 4.57 Å². The van der Waals surface area contributed by atoms with Gasteiger partial charge in [0.05, 0.1) is 34.6 Å². The Morgan fingerprint density at radius 2 is 1.82 bits per heavy atom. The van der Waals surface area contributed by atoms with Gasteiger partial charge in [-0.05, 0) is 54.4 Å². The van der Waals surface area contributed by atoms with Crippen molar-refractivity contribution in [3.8, 4) is 22.9 Å². The molecule has 176 valence electrons. The zero-order chi connectivity index (χ0) is 23.9. The zero-order valence-electron chi connectivity index (χ0n) is 18.4. The van der Waals surface area contributed by atoms with Gasteiger partial charge in [-0.15, -0.1) is 0 Å². The summed E-state index contributed by atoms with van der Waals surface area (Å²) in [7, 11) is -4.41. The first-order valence-electron chi connectivity index (χ1n) is 10.7. The maximum Gasteiger partial charge on any atom is 0.356 e. The van der Waals surface area contributed by atoms with E-state index in [1.165, 1.54) is 6.07 Å². The van der Waals surface area contributed by atoms with Gasteiger partial charge >= 0.3 is 7.60 Å². The minimum Gasteiger partial charge on any atom is -0.426 e. The number of nitrogens with zero attached hydrogens (tertiary/aromatic N) is 2. The lowest BCUT2D eigenvalue weighted by Gasteiger charge is -2.29. The number of H-pyrrole nitrogens is 1. The molecule has 0 bridgehead atoms. The maximum absolute atomic E-state index is 11.7. The predicted molar refractivity (Wildman–Crippen MR) is 133 cm³/mol. The van der Waals surface area contributed by atoms with Crippen molar-refractivity contribution in [1.29, 1.82) is 0 Å². The van der Waals surface area contributed by atoms with Crippen LogP contribution in [0.1, 0.15) is 5.56 Å². The summed E-state index contributed by atoms with van der Waals surface area (Å²) in [4.78, 5) is 28.9. The summed E-state index contributed by atoms with van der Waals surface area (Å²) < 4.78 is 22.9. The van der Waals surface area contributed by atoms with Crippen LogP contribution in [-0.4, -0.2) is 46.1 Å². The van der Waals surface area contributed by atoms with Gasteiger partial charge in [-0.2, -0.15) is 4.98 Å². The van der Waals surface area contributed by atoms with Gasteiger partial charge in [-0.1, -0.05) is 29.8 Å². The molecule has 0 amide bonds. The molecule has 0 radical (unpaired) electrons. The van der Waals surface area contributed by atoms with Gasteiger partial charge in [0.2, 0.25) is 0 Å². The Hall–Kier alpha value is -2.87. The van der Waals surface area contributed by atoms with Crippen molar-refractivity contribution in [3.63, 3.8) is 0 Å². The molecule has 34 heavy (non-hydrogen) atoms. The normalized spacial score (nSPS) is 14.5. The van der Waals surface area contributed by atoms with Crippen LogP contribution in [0.25, 0.3) is 22.2 Å². The van der Waals surface area contributed by atoms with Crippen LogP contribution >= 0.6 is 19.2 Å². The highest BCUT2D eigenvalue weighted by Gasteiger charge is 2.21. The number of aryl methyl sites for hydroxylation is 1. The van der Waals surface area contributed by atoms with Gasteiger partial charge in [-0.25, -0.2) is 0 Å². The first kappa shape index (κ1) is 22.9. The lowest BCUT2D eigenvalue weighted by atomic mass is 10.0. The van der Waals surface area contributed by atoms with E-state index in [4.69, 9.17) is 21.1 Å². The number of morpholine rings is 1. The van der Waals surface area contributed by atoms with E-state index in [1.54, 1.807) is 25.1 Å². The first-order chi connectivity index (χ1) is 16.3. The van der Waals surface area contributed by atoms with E-state index in [9.17, 15) is 14.4 Å². The van der Waals surface area contributed by atoms with Gasteiger partial charge in [0.15, 0.2) is 0 Å². The van der Waals surface area contributed by atoms with E-state index in [1.807, 2.05) is 18.2 Å². The topological polar surface area (TPSA) is 108 Å². The number of fused-ring (bicyclic) bond motifs is 1. The number of nitrogens with one attached hydrogen (secondary N) is 1. The van der Waals surface area contributed by atoms with Crippen LogP contribution in [0.2, 0.25) is 5.02 Å². The van der Waals surface area contributed by atoms with Crippen molar-refractivity contribution in [2.24, 2.45) is 0 Å². The highest BCUT2D eigenvalue weighted by atomic mass is 35.5. The largest absolute Gasteiger partial charge is 0.426 e. The van der Waals surface area contributed by atoms with E-state index >= 15 is 0 Å². The SMILES string of the molecule is Cc1ccc(Oc2nc3cc(-c4ccc(N5CCOCC5)cc4)c(Cl)cc3[nH]2)cc1P(=O)(O)O. The number of benzene rings is 3. The molecule has 5 rings (SSSR count). The molecule has 0 unspecified atom stereocenters. The molecule has 1 aliphatic rings. The van der Waals surface area contributed by atoms with Crippen LogP contribution in [0.3, 0.4) is 0 Å². The molecule has 10 heteroatoms. The van der Waals surface area contributed by atoms with E-state index in [2.05, 4.69) is 27.0 Å². The highest BCUT2D eigenvalue weighted by molar-refractivity contribution is 7.60. The molecule has 3 aromatic carbocycles. The molecular formula is C24H23ClN3O5P. The van der Waals surface area contributed by atoms with Gasteiger partial charge in [0.25, 0.3) is 6.01 Å². The van der Waals surface area contributed by atoms with Crippen molar-refractivity contribution in [2.75, 3.05) is 31.2 Å². The average molecular weight is 500 g/mol. The second-order valence-corrected chi connectivity index (χ2v) is 10.1. The number of halogens is 1. The van der Waals surface area contributed by atoms with Crippen molar-refractivity contribution in [1.82, 2.24) is 9.97 Å². The third-order valence-electron chi connectivity index (χ3n) is 5.81. The summed E-state index contributed by atoms with van der Waals surface area (Å²) in [6.45, 7) is 4.85. The van der Waals surface area contributed by atoms with E-state index in [0.717, 1.165) is 43.1 Å². The second kappa shape index (κ2) is 9.06. The lowest BCUT2D eigenvalue weighted by molar-refractivity contribution is 0.122. The van der Waals surface area contributed by atoms with Crippen molar-refractivity contribution in [3.05, 3.63) is 65.2 Å². The smallest absolute Gasteiger partial charge is 0.356 e. The number of hydrogen-bond acceptors (Lipinski definition) is 5. The number of hydrogen-bond donors (Lipinski definition) is 3. The summed E-state index contributed by atoms with van der Waals surface area (Å²) in [6, 6.07) is 16.7. The van der Waals surface area contributed by atoms with Crippen LogP contribution in [0.5, 0.6) is 11.8 Å². The number of anilines is 1. The highest BCUT2D eigenvalue weighted by Crippen LogP contribution is 2.37. The molecule has 8 nitrogen and oxygen atoms in total. The zero-order valence-corrected chi connectivity index (χ0v) is 20.0. The van der Waals surface area contributed by atoms with Gasteiger partial charge < -0.3 is 29.1 Å². The molecule has 0 saturated carbocycles. The van der Waals surface area contributed by atoms with Crippen LogP contribution in [-0.2, 0) is 9.30 Å². The molecule has 1 aliphatic heterocycles. The first-order valence-corrected chi connectivity index (χ1v) is 12.7. The molecule has 2 heterocycles. The average Bonchev–Trinajstić information content (AvgIpc) is 3.20. The fraction of sp³-hybridized carbons (Fsp3) is 0.208. The standard InChI is InChI=1S/C24H23ClN3O5P/c1-15-2-7-18(12-23(15)34(29,30)31)33-24-26-21-13-19(20(25)14-22(21)27-24)16-3-5-17(6-4-16)28-8-10-32-11-9-28/h2-7,12-14H,8-11H2,1H3,(H,26,27)(H2,29,30,31). The quantitative estimate of drug-likeness (QED) is 0.344. The molecule has 1 saturated heterocycles. The van der Waals surface area contributed by atoms with E-state index < -0.39 is 7.60 Å². The predicted octanol–water partition coefficient (Wildman–Crippen LogP) is 4.62. The molecule has 0 atom stereocenters. The van der Waals surface area contributed by atoms with Crippen LogP contribution in [0.4, 0.5) is 5.69 Å². The maximum atomic E-state index is 11.7. The molecular weight excluding hydrogens is 477 g/mol. The van der Waals surface area contributed by atoms with E-state index in [0.29, 0.717) is 21.6 Å². The summed E-state index contributed by atoms with van der Waals surface area (Å²) in [5.74, 6) is 0.271. The summed E-state index contributed by atoms with van der Waals surface area (Å²) in [5.41, 5.74) is 4.80. The Balaban J connectivity index is 1.41. The number of ether oxygens (including phenoxy) is 2. The minimum atomic E-state index is -4.41. The molecule has 1 aromatic heterocycles. The third-order valence-corrected chi connectivity index (χ3v) is 7.23. The summed E-state index contributed by atoms with van der Waals surface area (Å²) in [6.07, 6.45) is 0. The van der Waals surface area contributed by atoms with Crippen molar-refractivity contribution < 1.29 is 23.8 Å². The summed E-state index contributed by atoms with van der Waals surface area (Å²) in [5, 5.41) is 0.493. The number of imidazole rings is 1. The Kier molecular flexibility index (Phi) is 6.10. The van der Waals surface area contributed by atoms with Crippen molar-refractivity contribution in [2.45, 2.75) is 6.92 Å². The molecule has 1 fully saturated rings.